The van der Waals surface area contributed by atoms with Crippen LogP contribution in [-0.4, -0.2) is 93.1 Å². The number of H-pyrrole nitrogens is 2. The number of aromatic amines is 2. The van der Waals surface area contributed by atoms with Gasteiger partial charge in [-0.1, -0.05) is 82.3 Å². The van der Waals surface area contributed by atoms with Gasteiger partial charge in [0, 0.05) is 24.8 Å². The molecule has 0 radical (unpaired) electrons. The van der Waals surface area contributed by atoms with Crippen molar-refractivity contribution in [3.05, 3.63) is 84.6 Å². The Balaban J connectivity index is 1.02. The maximum Gasteiger partial charge on any atom is 0.407 e. The average Bonchev–Trinajstić information content (AvgIpc) is 4.07. The maximum absolute atomic E-state index is 13.6. The van der Waals surface area contributed by atoms with Gasteiger partial charge >= 0.3 is 12.2 Å². The molecule has 5 aromatic rings. The van der Waals surface area contributed by atoms with Crippen molar-refractivity contribution in [3.63, 3.8) is 0 Å². The van der Waals surface area contributed by atoms with E-state index >= 15 is 0 Å². The third kappa shape index (κ3) is 8.27. The molecule has 2 fully saturated rings. The van der Waals surface area contributed by atoms with E-state index in [1.807, 2.05) is 49.8 Å². The fourth-order valence-electron chi connectivity index (χ4n) is 8.09. The molecule has 4 heterocycles. The van der Waals surface area contributed by atoms with Gasteiger partial charge < -0.3 is 39.9 Å². The summed E-state index contributed by atoms with van der Waals surface area (Å²) in [5.74, 6) is 0.984. The van der Waals surface area contributed by atoms with Crippen LogP contribution in [0.3, 0.4) is 0 Å². The lowest BCUT2D eigenvalue weighted by Gasteiger charge is -2.29. The van der Waals surface area contributed by atoms with E-state index in [-0.39, 0.29) is 35.7 Å². The molecule has 4 atom stereocenters. The molecule has 304 valence electrons. The number of carbonyl (C=O) groups is 4. The lowest BCUT2D eigenvalue weighted by molar-refractivity contribution is -0.136. The van der Waals surface area contributed by atoms with Crippen molar-refractivity contribution in [1.82, 2.24) is 40.4 Å². The van der Waals surface area contributed by atoms with E-state index in [0.717, 1.165) is 81.9 Å². The molecule has 58 heavy (non-hydrogen) atoms. The van der Waals surface area contributed by atoms with Gasteiger partial charge in [-0.25, -0.2) is 19.6 Å². The van der Waals surface area contributed by atoms with Gasteiger partial charge in [0.25, 0.3) is 0 Å². The second-order valence-electron chi connectivity index (χ2n) is 15.8. The van der Waals surface area contributed by atoms with E-state index in [4.69, 9.17) is 19.4 Å². The topological polar surface area (TPSA) is 175 Å². The number of benzene rings is 3. The van der Waals surface area contributed by atoms with Gasteiger partial charge in [0.05, 0.1) is 43.0 Å². The minimum atomic E-state index is -0.689. The second kappa shape index (κ2) is 17.1. The van der Waals surface area contributed by atoms with E-state index in [0.29, 0.717) is 13.1 Å². The number of aromatic nitrogens is 4. The summed E-state index contributed by atoms with van der Waals surface area (Å²) in [6, 6.07) is 21.1. The minimum Gasteiger partial charge on any atom is -0.453 e. The zero-order valence-corrected chi connectivity index (χ0v) is 33.9. The van der Waals surface area contributed by atoms with Crippen LogP contribution in [-0.2, 0) is 19.1 Å². The number of methoxy groups -OCH3 is 2. The summed E-state index contributed by atoms with van der Waals surface area (Å²) in [5.41, 5.74) is 7.71. The first-order valence-electron chi connectivity index (χ1n) is 20.0. The first-order chi connectivity index (χ1) is 27.9. The summed E-state index contributed by atoms with van der Waals surface area (Å²) in [6.07, 6.45) is 3.90. The van der Waals surface area contributed by atoms with Crippen LogP contribution in [0.5, 0.6) is 0 Å². The van der Waals surface area contributed by atoms with E-state index in [2.05, 4.69) is 81.3 Å². The van der Waals surface area contributed by atoms with Crippen LogP contribution in [0.15, 0.2) is 72.9 Å². The Bertz CT molecular complexity index is 2260. The third-order valence-corrected chi connectivity index (χ3v) is 11.3. The minimum absolute atomic E-state index is 0.104. The molecule has 2 saturated heterocycles. The highest BCUT2D eigenvalue weighted by molar-refractivity contribution is 5.88. The summed E-state index contributed by atoms with van der Waals surface area (Å²) >= 11 is 0. The molecule has 4 N–H and O–H groups in total. The monoisotopic (exact) mass is 788 g/mol. The van der Waals surface area contributed by atoms with Crippen molar-refractivity contribution in [2.45, 2.75) is 77.5 Å². The predicted octanol–water partition coefficient (Wildman–Crippen LogP) is 7.38. The van der Waals surface area contributed by atoms with Gasteiger partial charge in [-0.05, 0) is 71.9 Å². The van der Waals surface area contributed by atoms with E-state index < -0.39 is 24.3 Å². The van der Waals surface area contributed by atoms with Crippen molar-refractivity contribution in [3.8, 4) is 33.5 Å². The Labute approximate surface area is 338 Å². The summed E-state index contributed by atoms with van der Waals surface area (Å²) in [5, 5.41) is 5.40. The van der Waals surface area contributed by atoms with E-state index in [1.165, 1.54) is 14.2 Å². The molecular weight excluding hydrogens is 737 g/mol. The van der Waals surface area contributed by atoms with Crippen LogP contribution in [0.25, 0.3) is 44.5 Å². The fraction of sp³-hybridized carbons (Fsp3) is 0.409. The van der Waals surface area contributed by atoms with Crippen LogP contribution in [0.1, 0.15) is 77.1 Å². The van der Waals surface area contributed by atoms with E-state index in [9.17, 15) is 19.2 Å². The summed E-state index contributed by atoms with van der Waals surface area (Å²) < 4.78 is 9.53. The van der Waals surface area contributed by atoms with Crippen LogP contribution >= 0.6 is 0 Å². The van der Waals surface area contributed by atoms with Crippen molar-refractivity contribution in [1.29, 1.82) is 0 Å². The normalized spacial score (nSPS) is 17.8. The zero-order valence-electron chi connectivity index (χ0n) is 33.9. The standard InChI is InChI=1S/C44H52N8O6/c1-25(2)37(49-43(55)57-5)41(53)51-21-7-9-35(51)39-45-24-34(48-39)30-17-15-28(16-18-30)27-11-13-29(14-12-27)31-19-20-32-33(23-31)47-40(46-32)36-10-8-22-52(36)42(54)38(26(3)4)50-44(56)58-6/h11-20,23-26,35-38H,7-10,21-22H2,1-6H3,(H,45,48)(H,46,47)(H,49,55)(H,50,56)/t35-,36-,37-,38?/m0/s1. The van der Waals surface area contributed by atoms with Gasteiger partial charge in [0.1, 0.15) is 23.7 Å². The smallest absolute Gasteiger partial charge is 0.407 e. The number of nitrogens with zero attached hydrogens (tertiary/aromatic N) is 4. The molecule has 7 rings (SSSR count). The highest BCUT2D eigenvalue weighted by Gasteiger charge is 2.39. The van der Waals surface area contributed by atoms with Crippen molar-refractivity contribution in [2.24, 2.45) is 11.8 Å². The van der Waals surface area contributed by atoms with Gasteiger partial charge in [-0.3, -0.25) is 9.59 Å². The molecule has 14 heteroatoms. The average molecular weight is 789 g/mol. The molecule has 2 aliphatic heterocycles. The molecular formula is C44H52N8O6. The number of hydrogen-bond acceptors (Lipinski definition) is 8. The van der Waals surface area contributed by atoms with Crippen molar-refractivity contribution < 1.29 is 28.7 Å². The van der Waals surface area contributed by atoms with Crippen molar-refractivity contribution >= 4 is 35.0 Å². The second-order valence-corrected chi connectivity index (χ2v) is 15.8. The molecule has 0 saturated carbocycles. The molecule has 0 spiro atoms. The Hall–Kier alpha value is -6.18. The molecule has 3 aromatic carbocycles. The number of fused-ring (bicyclic) bond motifs is 1. The molecule has 14 nitrogen and oxygen atoms in total. The fourth-order valence-corrected chi connectivity index (χ4v) is 8.09. The number of ether oxygens (including phenoxy) is 2. The third-order valence-electron chi connectivity index (χ3n) is 11.3. The largest absolute Gasteiger partial charge is 0.453 e. The Morgan fingerprint density at radius 3 is 1.62 bits per heavy atom. The predicted molar refractivity (Wildman–Crippen MR) is 220 cm³/mol. The van der Waals surface area contributed by atoms with Gasteiger partial charge in [-0.2, -0.15) is 0 Å². The number of nitrogens with one attached hydrogen (secondary N) is 4. The first kappa shape index (κ1) is 40.0. The summed E-state index contributed by atoms with van der Waals surface area (Å²) in [4.78, 5) is 71.3. The lowest BCUT2D eigenvalue weighted by Crippen LogP contribution is -2.51. The van der Waals surface area contributed by atoms with Crippen LogP contribution in [0, 0.1) is 11.8 Å². The number of hydrogen-bond donors (Lipinski definition) is 4. The Kier molecular flexibility index (Phi) is 11.8. The first-order valence-corrected chi connectivity index (χ1v) is 20.0. The summed E-state index contributed by atoms with van der Waals surface area (Å²) in [7, 11) is 2.58. The molecule has 2 aromatic heterocycles. The summed E-state index contributed by atoms with van der Waals surface area (Å²) in [6.45, 7) is 8.81. The zero-order chi connectivity index (χ0) is 41.1. The maximum atomic E-state index is 13.6. The quantitative estimate of drug-likeness (QED) is 0.107. The van der Waals surface area contributed by atoms with Crippen molar-refractivity contribution in [2.75, 3.05) is 27.3 Å². The van der Waals surface area contributed by atoms with Crippen LogP contribution in [0.2, 0.25) is 0 Å². The molecule has 4 amide bonds. The molecule has 1 unspecified atom stereocenters. The Morgan fingerprint density at radius 1 is 0.655 bits per heavy atom. The number of rotatable bonds is 11. The SMILES string of the molecule is COC(=O)NC(C(=O)N1CCC[C@H]1c1nc2cc(-c3ccc(-c4ccc(-c5c[nH]c([C@@H]6CCCN6C(=O)[C@@H](NC(=O)OC)C(C)C)n5)cc4)cc3)ccc2[nH]1)C(C)C. The molecule has 0 bridgehead atoms. The number of amides is 4. The van der Waals surface area contributed by atoms with Gasteiger partial charge in [-0.15, -0.1) is 0 Å². The van der Waals surface area contributed by atoms with Crippen LogP contribution < -0.4 is 10.6 Å². The van der Waals surface area contributed by atoms with Crippen LogP contribution in [0.4, 0.5) is 9.59 Å². The lowest BCUT2D eigenvalue weighted by atomic mass is 9.99. The Morgan fingerprint density at radius 2 is 1.12 bits per heavy atom. The van der Waals surface area contributed by atoms with Gasteiger partial charge in [0.15, 0.2) is 0 Å². The number of likely N-dealkylation sites (tertiary alicyclic amines) is 2. The van der Waals surface area contributed by atoms with Gasteiger partial charge in [0.2, 0.25) is 11.8 Å². The van der Waals surface area contributed by atoms with E-state index in [1.54, 1.807) is 0 Å². The highest BCUT2D eigenvalue weighted by Crippen LogP contribution is 2.35. The highest BCUT2D eigenvalue weighted by atomic mass is 16.5. The molecule has 2 aliphatic rings. The number of alkyl carbamates (subject to hydrolysis) is 2. The number of imidazole rings is 2. The number of carbonyl (C=O) groups excluding carboxylic acids is 4. The molecule has 0 aliphatic carbocycles.